The molecule has 1 unspecified atom stereocenters. The van der Waals surface area contributed by atoms with E-state index in [9.17, 15) is 4.39 Å². The van der Waals surface area contributed by atoms with Crippen LogP contribution in [-0.2, 0) is 0 Å². The van der Waals surface area contributed by atoms with Crippen LogP contribution in [0.3, 0.4) is 0 Å². The lowest BCUT2D eigenvalue weighted by Gasteiger charge is -2.36. The Labute approximate surface area is 175 Å². The molecular formula is C22H25ClFN5. The van der Waals surface area contributed by atoms with Crippen molar-refractivity contribution in [3.05, 3.63) is 64.2 Å². The van der Waals surface area contributed by atoms with Crippen molar-refractivity contribution in [2.24, 2.45) is 5.10 Å². The quantitative estimate of drug-likeness (QED) is 0.709. The van der Waals surface area contributed by atoms with Gasteiger partial charge in [0.05, 0.1) is 12.1 Å². The lowest BCUT2D eigenvalue weighted by molar-refractivity contribution is 0.176. The van der Waals surface area contributed by atoms with Gasteiger partial charge in [-0.25, -0.2) is 9.99 Å². The molecule has 2 aliphatic heterocycles. The fraction of sp³-hybridized carbons (Fsp3) is 0.455. The van der Waals surface area contributed by atoms with Gasteiger partial charge in [0.1, 0.15) is 12.2 Å². The predicted molar refractivity (Wildman–Crippen MR) is 112 cm³/mol. The second-order valence-corrected chi connectivity index (χ2v) is 8.71. The summed E-state index contributed by atoms with van der Waals surface area (Å²) in [5, 5.41) is 11.2. The largest absolute Gasteiger partial charge is 0.358 e. The average Bonchev–Trinajstić information content (AvgIpc) is 3.11. The van der Waals surface area contributed by atoms with E-state index < -0.39 is 0 Å². The van der Waals surface area contributed by atoms with E-state index in [0.29, 0.717) is 6.04 Å². The van der Waals surface area contributed by atoms with Crippen molar-refractivity contribution < 1.29 is 4.39 Å². The summed E-state index contributed by atoms with van der Waals surface area (Å²) < 4.78 is 14.1. The van der Waals surface area contributed by atoms with Crippen LogP contribution in [-0.4, -0.2) is 33.3 Å². The maximum absolute atomic E-state index is 14.1. The topological polar surface area (TPSA) is 43.8 Å². The molecule has 0 spiro atoms. The van der Waals surface area contributed by atoms with Crippen molar-refractivity contribution in [1.29, 1.82) is 0 Å². The van der Waals surface area contributed by atoms with Gasteiger partial charge in [0.15, 0.2) is 0 Å². The second-order valence-electron chi connectivity index (χ2n) is 8.22. The molecule has 1 N–H and O–H groups in total. The standard InChI is InChI=1S/C22H25ClFN5/c1-14-18-9-6-16(23)11-20(18)26-12-21-28(14)13-27-29(21)17-7-4-15(5-8-17)19-3-2-10-25-22(19)24/h2-3,10-15,17,26H,4-9H2,1H3/t14?,15-,17-. The minimum absolute atomic E-state index is 0.238. The Bertz CT molecular complexity index is 929. The van der Waals surface area contributed by atoms with Crippen molar-refractivity contribution in [2.45, 2.75) is 63.5 Å². The van der Waals surface area contributed by atoms with Crippen LogP contribution in [0.5, 0.6) is 0 Å². The average molecular weight is 414 g/mol. The highest BCUT2D eigenvalue weighted by molar-refractivity contribution is 6.29. The van der Waals surface area contributed by atoms with Gasteiger partial charge in [-0.05, 0) is 69.1 Å². The second kappa shape index (κ2) is 7.48. The molecule has 5 nitrogen and oxygen atoms in total. The maximum Gasteiger partial charge on any atom is 0.216 e. The van der Waals surface area contributed by atoms with Gasteiger partial charge < -0.3 is 10.2 Å². The van der Waals surface area contributed by atoms with Crippen molar-refractivity contribution in [2.75, 3.05) is 0 Å². The zero-order chi connectivity index (χ0) is 20.0. The zero-order valence-corrected chi connectivity index (χ0v) is 17.2. The van der Waals surface area contributed by atoms with E-state index in [0.717, 1.165) is 60.6 Å². The SMILES string of the molecule is CC1C2=C(C=C(Cl)CC2)NC=C2N1C=NN2[C@H]1CC[C@H](c2cccnc2F)CC1. The Morgan fingerprint density at radius 2 is 2.03 bits per heavy atom. The third-order valence-corrected chi connectivity index (χ3v) is 6.93. The third-order valence-electron chi connectivity index (χ3n) is 6.63. The summed E-state index contributed by atoms with van der Waals surface area (Å²) in [5.74, 6) is 0.991. The summed E-state index contributed by atoms with van der Waals surface area (Å²) in [5.41, 5.74) is 3.23. The summed E-state index contributed by atoms with van der Waals surface area (Å²) in [4.78, 5) is 6.07. The fourth-order valence-corrected chi connectivity index (χ4v) is 5.20. The molecule has 0 amide bonds. The highest BCUT2D eigenvalue weighted by Gasteiger charge is 2.37. The summed E-state index contributed by atoms with van der Waals surface area (Å²) in [6.45, 7) is 2.22. The highest BCUT2D eigenvalue weighted by atomic mass is 35.5. The Balaban J connectivity index is 1.31. The van der Waals surface area contributed by atoms with Crippen molar-refractivity contribution >= 4 is 17.9 Å². The molecule has 0 saturated heterocycles. The lowest BCUT2D eigenvalue weighted by Crippen LogP contribution is -2.38. The van der Waals surface area contributed by atoms with Crippen LogP contribution in [0.25, 0.3) is 0 Å². The predicted octanol–water partition coefficient (Wildman–Crippen LogP) is 4.77. The zero-order valence-electron chi connectivity index (χ0n) is 16.5. The van der Waals surface area contributed by atoms with Crippen molar-refractivity contribution in [3.63, 3.8) is 0 Å². The number of hydrogen-bond acceptors (Lipinski definition) is 5. The van der Waals surface area contributed by atoms with E-state index in [4.69, 9.17) is 16.7 Å². The van der Waals surface area contributed by atoms with E-state index in [1.807, 2.05) is 30.7 Å². The van der Waals surface area contributed by atoms with E-state index in [1.54, 1.807) is 0 Å². The van der Waals surface area contributed by atoms with Gasteiger partial charge in [-0.3, -0.25) is 0 Å². The number of hydrogen-bond donors (Lipinski definition) is 1. The normalized spacial score (nSPS) is 29.0. The van der Waals surface area contributed by atoms with Crippen LogP contribution in [0.4, 0.5) is 4.39 Å². The van der Waals surface area contributed by atoms with Gasteiger partial charge in [0.25, 0.3) is 0 Å². The van der Waals surface area contributed by atoms with Crippen LogP contribution < -0.4 is 5.32 Å². The molecule has 4 aliphatic rings. The smallest absolute Gasteiger partial charge is 0.216 e. The van der Waals surface area contributed by atoms with Gasteiger partial charge in [-0.2, -0.15) is 9.49 Å². The molecule has 0 aromatic carbocycles. The number of pyridine rings is 1. The van der Waals surface area contributed by atoms with Crippen LogP contribution in [0.1, 0.15) is 56.9 Å². The molecule has 1 aromatic heterocycles. The number of nitrogens with zero attached hydrogens (tertiary/aromatic N) is 4. The minimum Gasteiger partial charge on any atom is -0.358 e. The summed E-state index contributed by atoms with van der Waals surface area (Å²) in [7, 11) is 0. The molecule has 0 radical (unpaired) electrons. The summed E-state index contributed by atoms with van der Waals surface area (Å²) >= 11 is 6.27. The molecule has 3 heterocycles. The minimum atomic E-state index is -0.325. The monoisotopic (exact) mass is 413 g/mol. The number of fused-ring (bicyclic) bond motifs is 1. The molecule has 7 heteroatoms. The van der Waals surface area contributed by atoms with Crippen molar-refractivity contribution in [1.82, 2.24) is 20.2 Å². The number of halogens is 2. The van der Waals surface area contributed by atoms with E-state index >= 15 is 0 Å². The van der Waals surface area contributed by atoms with Crippen LogP contribution in [0.2, 0.25) is 0 Å². The molecular weight excluding hydrogens is 389 g/mol. The Morgan fingerprint density at radius 1 is 1.21 bits per heavy atom. The number of nitrogens with one attached hydrogen (secondary N) is 1. The third kappa shape index (κ3) is 3.33. The molecule has 1 fully saturated rings. The molecule has 29 heavy (non-hydrogen) atoms. The number of hydrazone groups is 1. The number of allylic oxidation sites excluding steroid dienone is 2. The first-order valence-corrected chi connectivity index (χ1v) is 10.8. The van der Waals surface area contributed by atoms with Crippen LogP contribution in [0, 0.1) is 5.95 Å². The first-order chi connectivity index (χ1) is 14.1. The first-order valence-electron chi connectivity index (χ1n) is 10.4. The number of rotatable bonds is 2. The van der Waals surface area contributed by atoms with Crippen LogP contribution in [0.15, 0.2) is 57.8 Å². The van der Waals surface area contributed by atoms with E-state index in [1.165, 1.54) is 11.8 Å². The number of aromatic nitrogens is 1. The van der Waals surface area contributed by atoms with Gasteiger partial charge >= 0.3 is 0 Å². The summed E-state index contributed by atoms with van der Waals surface area (Å²) in [6, 6.07) is 4.26. The molecule has 2 aliphatic carbocycles. The molecule has 0 bridgehead atoms. The van der Waals surface area contributed by atoms with Crippen LogP contribution >= 0.6 is 11.6 Å². The van der Waals surface area contributed by atoms with Crippen molar-refractivity contribution in [3.8, 4) is 0 Å². The van der Waals surface area contributed by atoms with Gasteiger partial charge in [-0.15, -0.1) is 0 Å². The summed E-state index contributed by atoms with van der Waals surface area (Å²) in [6.07, 6.45) is 13.3. The van der Waals surface area contributed by atoms with Gasteiger partial charge in [0.2, 0.25) is 5.95 Å². The van der Waals surface area contributed by atoms with Gasteiger partial charge in [-0.1, -0.05) is 17.7 Å². The fourth-order valence-electron chi connectivity index (χ4n) is 4.99. The van der Waals surface area contributed by atoms with E-state index in [2.05, 4.69) is 27.1 Å². The molecule has 152 valence electrons. The highest BCUT2D eigenvalue weighted by Crippen LogP contribution is 2.39. The lowest BCUT2D eigenvalue weighted by atomic mass is 9.82. The van der Waals surface area contributed by atoms with E-state index in [-0.39, 0.29) is 17.9 Å². The molecule has 5 rings (SSSR count). The Morgan fingerprint density at radius 3 is 2.83 bits per heavy atom. The molecule has 1 saturated carbocycles. The Hall–Kier alpha value is -2.34. The van der Waals surface area contributed by atoms with Gasteiger partial charge in [0, 0.05) is 28.7 Å². The first kappa shape index (κ1) is 18.7. The molecule has 1 aromatic rings. The molecule has 1 atom stereocenters. The Kier molecular flexibility index (Phi) is 4.82. The maximum atomic E-state index is 14.1.